The first-order valence-electron chi connectivity index (χ1n) is 6.49. The summed E-state index contributed by atoms with van der Waals surface area (Å²) in [6, 6.07) is 8.33. The molecule has 2 nitrogen and oxygen atoms in total. The summed E-state index contributed by atoms with van der Waals surface area (Å²) in [6.07, 6.45) is 3.13. The van der Waals surface area contributed by atoms with E-state index in [9.17, 15) is 0 Å². The van der Waals surface area contributed by atoms with Gasteiger partial charge in [-0.25, -0.2) is 4.98 Å². The molecule has 88 valence electrons. The lowest BCUT2D eigenvalue weighted by atomic mass is 10.2. The highest BCUT2D eigenvalue weighted by molar-refractivity contribution is 6.83. The van der Waals surface area contributed by atoms with Gasteiger partial charge < -0.3 is 4.57 Å². The Balaban J connectivity index is 2.36. The number of hydrogen-bond donors (Lipinski definition) is 0. The van der Waals surface area contributed by atoms with Crippen LogP contribution in [0.3, 0.4) is 0 Å². The van der Waals surface area contributed by atoms with Gasteiger partial charge in [0.15, 0.2) is 8.24 Å². The Bertz CT molecular complexity index is 352. The van der Waals surface area contributed by atoms with Crippen molar-refractivity contribution in [2.45, 2.75) is 45.3 Å². The number of rotatable bonds is 4. The summed E-state index contributed by atoms with van der Waals surface area (Å²) < 4.78 is 2.68. The molecule has 1 aromatic heterocycles. The van der Waals surface area contributed by atoms with Crippen LogP contribution >= 0.6 is 0 Å². The number of nitrogens with zero attached hydrogens (tertiary/aromatic N) is 2. The van der Waals surface area contributed by atoms with Crippen molar-refractivity contribution in [2.75, 3.05) is 11.1 Å². The highest BCUT2D eigenvalue weighted by Gasteiger charge is 2.38. The maximum absolute atomic E-state index is 4.61. The second-order valence-electron chi connectivity index (χ2n) is 4.67. The molecule has 0 aliphatic carbocycles. The van der Waals surface area contributed by atoms with Crippen molar-refractivity contribution in [2.24, 2.45) is 0 Å². The van der Waals surface area contributed by atoms with Crippen LogP contribution in [-0.2, 0) is 6.42 Å². The summed E-state index contributed by atoms with van der Waals surface area (Å²) in [4.78, 5) is 4.61. The first-order chi connectivity index (χ1) is 7.77. The van der Waals surface area contributed by atoms with Crippen LogP contribution in [0.15, 0.2) is 18.3 Å². The summed E-state index contributed by atoms with van der Waals surface area (Å²) in [5.41, 5.74) is 1.45. The fraction of sp³-hybridized carbons (Fsp3) is 0.615. The number of hydrogen-bond acceptors (Lipinski definition) is 2. The fourth-order valence-corrected chi connectivity index (χ4v) is 6.87. The Labute approximate surface area is 99.8 Å². The third-order valence-corrected chi connectivity index (χ3v) is 9.80. The van der Waals surface area contributed by atoms with E-state index in [0.29, 0.717) is 0 Å². The van der Waals surface area contributed by atoms with Crippen molar-refractivity contribution < 1.29 is 0 Å². The largest absolute Gasteiger partial charge is 0.382 e. The highest BCUT2D eigenvalue weighted by atomic mass is 28.3. The van der Waals surface area contributed by atoms with Crippen LogP contribution in [0.2, 0.25) is 18.1 Å². The lowest BCUT2D eigenvalue weighted by molar-refractivity contribution is 0.965. The van der Waals surface area contributed by atoms with E-state index in [1.54, 1.807) is 0 Å². The molecule has 0 spiro atoms. The van der Waals surface area contributed by atoms with Gasteiger partial charge in [0.1, 0.15) is 5.82 Å². The quantitative estimate of drug-likeness (QED) is 0.742. The van der Waals surface area contributed by atoms with Crippen LogP contribution in [0.5, 0.6) is 0 Å². The van der Waals surface area contributed by atoms with E-state index in [1.165, 1.54) is 42.5 Å². The zero-order valence-corrected chi connectivity index (χ0v) is 11.7. The van der Waals surface area contributed by atoms with E-state index in [4.69, 9.17) is 0 Å². The molecule has 1 aromatic rings. The number of fused-ring (bicyclic) bond motifs is 1. The van der Waals surface area contributed by atoms with E-state index in [1.807, 2.05) is 6.20 Å². The Morgan fingerprint density at radius 2 is 1.94 bits per heavy atom. The highest BCUT2D eigenvalue weighted by Crippen LogP contribution is 2.35. The Morgan fingerprint density at radius 1 is 1.25 bits per heavy atom. The molecule has 0 atom stereocenters. The second kappa shape index (κ2) is 4.58. The molecule has 1 aliphatic rings. The maximum atomic E-state index is 4.61. The van der Waals surface area contributed by atoms with E-state index in [-0.39, 0.29) is 0 Å². The van der Waals surface area contributed by atoms with E-state index >= 15 is 0 Å². The summed E-state index contributed by atoms with van der Waals surface area (Å²) in [5.74, 6) is 1.29. The SMILES string of the molecule is CC[Si](CC)(CC)N1CCc2cccnc21. The molecule has 0 unspecified atom stereocenters. The summed E-state index contributed by atoms with van der Waals surface area (Å²) in [6.45, 7) is 8.29. The van der Waals surface area contributed by atoms with Crippen molar-refractivity contribution >= 4 is 14.1 Å². The lowest BCUT2D eigenvalue weighted by Crippen LogP contribution is -2.52. The zero-order chi connectivity index (χ0) is 11.6. The van der Waals surface area contributed by atoms with Crippen LogP contribution < -0.4 is 4.57 Å². The fourth-order valence-electron chi connectivity index (χ4n) is 2.99. The molecule has 0 aromatic carbocycles. The number of aromatic nitrogens is 1. The van der Waals surface area contributed by atoms with Crippen molar-refractivity contribution in [3.05, 3.63) is 23.9 Å². The summed E-state index contributed by atoms with van der Waals surface area (Å²) in [7, 11) is -1.26. The van der Waals surface area contributed by atoms with Gasteiger partial charge in [0.05, 0.1) is 0 Å². The molecule has 2 heterocycles. The molecule has 3 heteroatoms. The van der Waals surface area contributed by atoms with Gasteiger partial charge in [0.25, 0.3) is 0 Å². The Morgan fingerprint density at radius 3 is 2.56 bits per heavy atom. The molecule has 0 N–H and O–H groups in total. The smallest absolute Gasteiger partial charge is 0.157 e. The normalized spacial score (nSPS) is 15.3. The monoisotopic (exact) mass is 234 g/mol. The van der Waals surface area contributed by atoms with Crippen LogP contribution in [0.4, 0.5) is 5.82 Å². The maximum Gasteiger partial charge on any atom is 0.157 e. The minimum Gasteiger partial charge on any atom is -0.382 e. The standard InChI is InChI=1S/C13H22N2Si/c1-4-16(5-2,6-3)15-11-9-12-8-7-10-14-13(12)15/h7-8,10H,4-6,9,11H2,1-3H3. The van der Waals surface area contributed by atoms with Gasteiger partial charge in [0.2, 0.25) is 0 Å². The third kappa shape index (κ3) is 1.67. The predicted octanol–water partition coefficient (Wildman–Crippen LogP) is 3.45. The molecule has 16 heavy (non-hydrogen) atoms. The predicted molar refractivity (Wildman–Crippen MR) is 72.5 cm³/mol. The Hall–Kier alpha value is -0.833. The average Bonchev–Trinajstić information content (AvgIpc) is 2.77. The summed E-state index contributed by atoms with van der Waals surface area (Å²) >= 11 is 0. The molecule has 0 bridgehead atoms. The van der Waals surface area contributed by atoms with Crippen LogP contribution in [0.25, 0.3) is 0 Å². The molecule has 1 aliphatic heterocycles. The van der Waals surface area contributed by atoms with Crippen molar-refractivity contribution in [1.29, 1.82) is 0 Å². The van der Waals surface area contributed by atoms with Crippen molar-refractivity contribution in [1.82, 2.24) is 4.98 Å². The minimum atomic E-state index is -1.26. The second-order valence-corrected chi connectivity index (χ2v) is 9.78. The van der Waals surface area contributed by atoms with E-state index in [0.717, 1.165) is 0 Å². The topological polar surface area (TPSA) is 16.1 Å². The van der Waals surface area contributed by atoms with E-state index in [2.05, 4.69) is 42.5 Å². The van der Waals surface area contributed by atoms with Crippen LogP contribution in [0.1, 0.15) is 26.3 Å². The van der Waals surface area contributed by atoms with Gasteiger partial charge >= 0.3 is 0 Å². The van der Waals surface area contributed by atoms with Gasteiger partial charge in [0, 0.05) is 12.7 Å². The number of pyridine rings is 1. The van der Waals surface area contributed by atoms with Crippen LogP contribution in [0, 0.1) is 0 Å². The van der Waals surface area contributed by atoms with Crippen molar-refractivity contribution in [3.63, 3.8) is 0 Å². The minimum absolute atomic E-state index is 1.19. The first-order valence-corrected chi connectivity index (χ1v) is 9.05. The molecule has 0 saturated carbocycles. The molecule has 0 radical (unpaired) electrons. The van der Waals surface area contributed by atoms with Gasteiger partial charge in [-0.1, -0.05) is 26.8 Å². The van der Waals surface area contributed by atoms with Gasteiger partial charge in [-0.15, -0.1) is 0 Å². The van der Waals surface area contributed by atoms with Crippen LogP contribution in [-0.4, -0.2) is 19.8 Å². The van der Waals surface area contributed by atoms with Gasteiger partial charge in [-0.05, 0) is 36.2 Å². The molecule has 0 fully saturated rings. The zero-order valence-electron chi connectivity index (χ0n) is 10.7. The molecule has 0 amide bonds. The molecular weight excluding hydrogens is 212 g/mol. The molecular formula is C13H22N2Si. The van der Waals surface area contributed by atoms with Gasteiger partial charge in [-0.3, -0.25) is 0 Å². The average molecular weight is 234 g/mol. The van der Waals surface area contributed by atoms with Crippen molar-refractivity contribution in [3.8, 4) is 0 Å². The van der Waals surface area contributed by atoms with Gasteiger partial charge in [-0.2, -0.15) is 0 Å². The molecule has 0 saturated heterocycles. The molecule has 2 rings (SSSR count). The lowest BCUT2D eigenvalue weighted by Gasteiger charge is -2.39. The van der Waals surface area contributed by atoms with E-state index < -0.39 is 8.24 Å². The first kappa shape index (κ1) is 11.6. The Kier molecular flexibility index (Phi) is 3.33. The summed E-state index contributed by atoms with van der Waals surface area (Å²) in [5, 5.41) is 0. The third-order valence-electron chi connectivity index (χ3n) is 4.27. The number of anilines is 1.